The summed E-state index contributed by atoms with van der Waals surface area (Å²) in [5.74, 6) is -1.03. The van der Waals surface area contributed by atoms with E-state index in [2.05, 4.69) is 5.32 Å². The van der Waals surface area contributed by atoms with Crippen molar-refractivity contribution in [2.45, 2.75) is 43.7 Å². The van der Waals surface area contributed by atoms with Crippen molar-refractivity contribution >= 4 is 5.97 Å². The van der Waals surface area contributed by atoms with E-state index in [1.807, 2.05) is 37.3 Å². The Balaban J connectivity index is 2.48. The first-order valence-electron chi connectivity index (χ1n) is 7.20. The normalized spacial score (nSPS) is 25.9. The molecule has 3 unspecified atom stereocenters. The number of carboxylic acids is 1. The van der Waals surface area contributed by atoms with E-state index in [0.717, 1.165) is 24.9 Å². The summed E-state index contributed by atoms with van der Waals surface area (Å²) in [4.78, 5) is 12.0. The fraction of sp³-hybridized carbons (Fsp3) is 0.562. The maximum absolute atomic E-state index is 12.0. The number of nitrogens with one attached hydrogen (secondary N) is 1. The van der Waals surface area contributed by atoms with Crippen molar-refractivity contribution in [1.82, 2.24) is 5.32 Å². The summed E-state index contributed by atoms with van der Waals surface area (Å²) >= 11 is 0. The summed E-state index contributed by atoms with van der Waals surface area (Å²) < 4.78 is 5.53. The second-order valence-electron chi connectivity index (χ2n) is 5.33. The first kappa shape index (κ1) is 15.0. The molecule has 0 radical (unpaired) electrons. The number of carboxylic acid groups (broad SMARTS) is 1. The Kier molecular flexibility index (Phi) is 4.78. The number of rotatable bonds is 5. The van der Waals surface area contributed by atoms with E-state index in [1.54, 1.807) is 7.11 Å². The second-order valence-corrected chi connectivity index (χ2v) is 5.33. The highest BCUT2D eigenvalue weighted by molar-refractivity contribution is 5.81. The fourth-order valence-corrected chi connectivity index (χ4v) is 3.33. The van der Waals surface area contributed by atoms with Crippen LogP contribution in [0, 0.1) is 0 Å². The van der Waals surface area contributed by atoms with Crippen LogP contribution in [0.5, 0.6) is 0 Å². The quantitative estimate of drug-likeness (QED) is 0.866. The number of carbonyl (C=O) groups excluding carboxylic acids is 1. The molecule has 1 aliphatic heterocycles. The Morgan fingerprint density at radius 1 is 1.45 bits per heavy atom. The van der Waals surface area contributed by atoms with Gasteiger partial charge in [0.25, 0.3) is 0 Å². The van der Waals surface area contributed by atoms with Crippen LogP contribution in [-0.2, 0) is 14.9 Å². The third-order valence-electron chi connectivity index (χ3n) is 4.45. The van der Waals surface area contributed by atoms with Gasteiger partial charge < -0.3 is 20.0 Å². The summed E-state index contributed by atoms with van der Waals surface area (Å²) in [6.07, 6.45) is 2.23. The van der Waals surface area contributed by atoms with Crippen molar-refractivity contribution < 1.29 is 14.6 Å². The Bertz CT molecular complexity index is 448. The molecule has 0 amide bonds. The molecule has 1 heterocycles. The van der Waals surface area contributed by atoms with Gasteiger partial charge in [-0.15, -0.1) is 0 Å². The van der Waals surface area contributed by atoms with Crippen LogP contribution in [0.3, 0.4) is 0 Å². The number of aliphatic carboxylic acids is 1. The van der Waals surface area contributed by atoms with Gasteiger partial charge in [0.1, 0.15) is 0 Å². The van der Waals surface area contributed by atoms with Gasteiger partial charge in [0, 0.05) is 13.2 Å². The van der Waals surface area contributed by atoms with Crippen molar-refractivity contribution in [3.05, 3.63) is 35.9 Å². The Hall–Kier alpha value is -1.39. The van der Waals surface area contributed by atoms with Crippen LogP contribution >= 0.6 is 0 Å². The van der Waals surface area contributed by atoms with Crippen molar-refractivity contribution in [3.63, 3.8) is 0 Å². The molecule has 0 saturated carbocycles. The minimum atomic E-state index is -1.05. The SMILES string of the molecule is CCC(C(=O)[O-])(c1ccccc1)C1NCCCC1OC. The summed E-state index contributed by atoms with van der Waals surface area (Å²) in [5, 5.41) is 15.4. The predicted octanol–water partition coefficient (Wildman–Crippen LogP) is 0.851. The molecule has 3 atom stereocenters. The van der Waals surface area contributed by atoms with Crippen molar-refractivity contribution in [1.29, 1.82) is 0 Å². The molecule has 1 aromatic rings. The molecule has 1 N–H and O–H groups in total. The highest BCUT2D eigenvalue weighted by atomic mass is 16.5. The number of piperidine rings is 1. The minimum Gasteiger partial charge on any atom is -0.549 e. The van der Waals surface area contributed by atoms with E-state index in [9.17, 15) is 9.90 Å². The third-order valence-corrected chi connectivity index (χ3v) is 4.45. The van der Waals surface area contributed by atoms with Gasteiger partial charge in [-0.3, -0.25) is 0 Å². The molecule has 1 saturated heterocycles. The maximum Gasteiger partial charge on any atom is 0.0737 e. The number of carbonyl (C=O) groups is 1. The van der Waals surface area contributed by atoms with Gasteiger partial charge in [-0.1, -0.05) is 37.3 Å². The highest BCUT2D eigenvalue weighted by Crippen LogP contribution is 2.36. The van der Waals surface area contributed by atoms with E-state index in [4.69, 9.17) is 4.74 Å². The lowest BCUT2D eigenvalue weighted by molar-refractivity contribution is -0.316. The lowest BCUT2D eigenvalue weighted by Crippen LogP contribution is -2.64. The van der Waals surface area contributed by atoms with Gasteiger partial charge in [-0.25, -0.2) is 0 Å². The molecule has 0 aromatic heterocycles. The number of methoxy groups -OCH3 is 1. The Morgan fingerprint density at radius 2 is 2.15 bits per heavy atom. The lowest BCUT2D eigenvalue weighted by Gasteiger charge is -2.47. The summed E-state index contributed by atoms with van der Waals surface area (Å²) in [6.45, 7) is 2.71. The second kappa shape index (κ2) is 6.37. The number of benzene rings is 1. The molecule has 2 rings (SSSR count). The molecular formula is C16H22NO3-. The van der Waals surface area contributed by atoms with Gasteiger partial charge in [0.15, 0.2) is 0 Å². The van der Waals surface area contributed by atoms with E-state index >= 15 is 0 Å². The van der Waals surface area contributed by atoms with Crippen LogP contribution in [-0.4, -0.2) is 31.8 Å². The molecule has 110 valence electrons. The summed E-state index contributed by atoms with van der Waals surface area (Å²) in [7, 11) is 1.64. The molecule has 1 fully saturated rings. The molecule has 20 heavy (non-hydrogen) atoms. The van der Waals surface area contributed by atoms with E-state index in [-0.39, 0.29) is 12.1 Å². The van der Waals surface area contributed by atoms with Crippen molar-refractivity contribution in [2.24, 2.45) is 0 Å². The van der Waals surface area contributed by atoms with E-state index in [0.29, 0.717) is 6.42 Å². The van der Waals surface area contributed by atoms with Crippen LogP contribution in [0.25, 0.3) is 0 Å². The van der Waals surface area contributed by atoms with Crippen LogP contribution in [0.2, 0.25) is 0 Å². The monoisotopic (exact) mass is 276 g/mol. The van der Waals surface area contributed by atoms with E-state index < -0.39 is 11.4 Å². The van der Waals surface area contributed by atoms with Gasteiger partial charge in [-0.2, -0.15) is 0 Å². The average Bonchev–Trinajstić information content (AvgIpc) is 2.50. The van der Waals surface area contributed by atoms with Gasteiger partial charge >= 0.3 is 0 Å². The van der Waals surface area contributed by atoms with Crippen LogP contribution in [0.4, 0.5) is 0 Å². The van der Waals surface area contributed by atoms with Crippen molar-refractivity contribution in [3.8, 4) is 0 Å². The number of ether oxygens (including phenoxy) is 1. The van der Waals surface area contributed by atoms with Gasteiger partial charge in [0.2, 0.25) is 0 Å². The first-order chi connectivity index (χ1) is 9.66. The smallest absolute Gasteiger partial charge is 0.0737 e. The first-order valence-corrected chi connectivity index (χ1v) is 7.20. The number of hydrogen-bond acceptors (Lipinski definition) is 4. The Labute approximate surface area is 120 Å². The predicted molar refractivity (Wildman–Crippen MR) is 75.2 cm³/mol. The van der Waals surface area contributed by atoms with E-state index in [1.165, 1.54) is 0 Å². The third kappa shape index (κ3) is 2.45. The van der Waals surface area contributed by atoms with Crippen LogP contribution < -0.4 is 10.4 Å². The standard InChI is InChI=1S/C16H23NO3/c1-3-16(15(18)19,12-8-5-4-6-9-12)14-13(20-2)10-7-11-17-14/h4-6,8-9,13-14,17H,3,7,10-11H2,1-2H3,(H,18,19)/p-1. The van der Waals surface area contributed by atoms with Gasteiger partial charge in [-0.05, 0) is 31.4 Å². The van der Waals surface area contributed by atoms with Gasteiger partial charge in [0.05, 0.1) is 17.5 Å². The topological polar surface area (TPSA) is 61.4 Å². The minimum absolute atomic E-state index is 0.109. The molecule has 4 nitrogen and oxygen atoms in total. The lowest BCUT2D eigenvalue weighted by atomic mass is 9.68. The van der Waals surface area contributed by atoms with Crippen molar-refractivity contribution in [2.75, 3.05) is 13.7 Å². The highest BCUT2D eigenvalue weighted by Gasteiger charge is 2.45. The fourth-order valence-electron chi connectivity index (χ4n) is 3.33. The summed E-state index contributed by atoms with van der Waals surface area (Å²) in [5.41, 5.74) is -0.272. The molecule has 0 aliphatic carbocycles. The zero-order chi connectivity index (χ0) is 14.6. The molecule has 1 aliphatic rings. The largest absolute Gasteiger partial charge is 0.549 e. The Morgan fingerprint density at radius 3 is 2.70 bits per heavy atom. The zero-order valence-corrected chi connectivity index (χ0v) is 12.1. The molecule has 0 spiro atoms. The molecule has 1 aromatic carbocycles. The summed E-state index contributed by atoms with van der Waals surface area (Å²) in [6, 6.07) is 9.09. The zero-order valence-electron chi connectivity index (χ0n) is 12.1. The van der Waals surface area contributed by atoms with Crippen LogP contribution in [0.15, 0.2) is 30.3 Å². The maximum atomic E-state index is 12.0. The average molecular weight is 276 g/mol. The van der Waals surface area contributed by atoms with Crippen LogP contribution in [0.1, 0.15) is 31.7 Å². The number of hydrogen-bond donors (Lipinski definition) is 1. The molecule has 4 heteroatoms. The molecule has 0 bridgehead atoms. The molecular weight excluding hydrogens is 254 g/mol.